The third-order valence-corrected chi connectivity index (χ3v) is 7.27. The average molecular weight is 426 g/mol. The second-order valence-corrected chi connectivity index (χ2v) is 9.35. The van der Waals surface area contributed by atoms with Crippen molar-refractivity contribution in [3.05, 3.63) is 23.8 Å². The van der Waals surface area contributed by atoms with Gasteiger partial charge in [0.1, 0.15) is 0 Å². The monoisotopic (exact) mass is 426 g/mol. The zero-order valence-corrected chi connectivity index (χ0v) is 17.7. The third-order valence-electron chi connectivity index (χ3n) is 5.54. The molecule has 2 fully saturated rings. The number of para-hydroxylation sites is 1. The summed E-state index contributed by atoms with van der Waals surface area (Å²) in [5.41, 5.74) is -0.928. The van der Waals surface area contributed by atoms with E-state index in [0.717, 1.165) is 0 Å². The Labute approximate surface area is 170 Å². The van der Waals surface area contributed by atoms with Crippen molar-refractivity contribution in [3.8, 4) is 11.5 Å². The molecule has 0 aliphatic carbocycles. The first-order valence-corrected chi connectivity index (χ1v) is 11.1. The van der Waals surface area contributed by atoms with Crippen molar-refractivity contribution in [2.75, 3.05) is 59.0 Å². The van der Waals surface area contributed by atoms with Crippen molar-refractivity contribution in [1.82, 2.24) is 9.80 Å². The van der Waals surface area contributed by atoms with Crippen LogP contribution in [0.25, 0.3) is 0 Å². The molecule has 29 heavy (non-hydrogen) atoms. The Kier molecular flexibility index (Phi) is 6.04. The van der Waals surface area contributed by atoms with Gasteiger partial charge in [0.05, 0.1) is 31.3 Å². The highest BCUT2D eigenvalue weighted by molar-refractivity contribution is 7.91. The minimum Gasteiger partial charge on any atom is -0.493 e. The topological polar surface area (TPSA) is 102 Å². The molecule has 2 aliphatic rings. The number of carbonyl (C=O) groups is 2. The molecule has 2 heterocycles. The van der Waals surface area contributed by atoms with E-state index in [9.17, 15) is 18.0 Å². The zero-order chi connectivity index (χ0) is 21.2. The number of carbonyl (C=O) groups excluding carboxylic acids is 2. The van der Waals surface area contributed by atoms with Crippen molar-refractivity contribution in [1.29, 1.82) is 0 Å². The van der Waals surface area contributed by atoms with Crippen LogP contribution in [0.15, 0.2) is 18.2 Å². The maximum Gasteiger partial charge on any atom is 0.257 e. The molecule has 2 aliphatic heterocycles. The molecule has 2 amide bonds. The summed E-state index contributed by atoms with van der Waals surface area (Å²) in [4.78, 5) is 29.2. The van der Waals surface area contributed by atoms with Crippen LogP contribution in [0.4, 0.5) is 0 Å². The van der Waals surface area contributed by atoms with Gasteiger partial charge >= 0.3 is 0 Å². The number of hydrogen-bond donors (Lipinski definition) is 0. The molecule has 1 unspecified atom stereocenters. The van der Waals surface area contributed by atoms with Crippen molar-refractivity contribution in [2.24, 2.45) is 0 Å². The summed E-state index contributed by atoms with van der Waals surface area (Å²) in [6, 6.07) is 5.10. The fourth-order valence-electron chi connectivity index (χ4n) is 3.86. The van der Waals surface area contributed by atoms with Crippen LogP contribution in [0.2, 0.25) is 0 Å². The predicted octanol–water partition coefficient (Wildman–Crippen LogP) is 0.192. The highest BCUT2D eigenvalue weighted by Gasteiger charge is 2.50. The van der Waals surface area contributed by atoms with Crippen molar-refractivity contribution >= 4 is 21.7 Å². The lowest BCUT2D eigenvalue weighted by atomic mass is 10.0. The number of methoxy groups -OCH3 is 3. The second kappa shape index (κ2) is 8.19. The van der Waals surface area contributed by atoms with Gasteiger partial charge in [0.25, 0.3) is 11.8 Å². The molecular weight excluding hydrogens is 400 g/mol. The fraction of sp³-hybridized carbons (Fsp3) is 0.579. The Hall–Kier alpha value is -2.33. The maximum absolute atomic E-state index is 13.0. The van der Waals surface area contributed by atoms with Crippen molar-refractivity contribution in [3.63, 3.8) is 0 Å². The number of amides is 2. The largest absolute Gasteiger partial charge is 0.493 e. The molecule has 10 heteroatoms. The lowest BCUT2D eigenvalue weighted by molar-refractivity contribution is -0.153. The number of sulfone groups is 1. The predicted molar refractivity (Wildman–Crippen MR) is 105 cm³/mol. The molecule has 1 atom stereocenters. The molecule has 1 aromatic rings. The molecule has 0 spiro atoms. The van der Waals surface area contributed by atoms with Crippen LogP contribution in [0, 0.1) is 0 Å². The number of nitrogens with zero attached hydrogens (tertiary/aromatic N) is 2. The van der Waals surface area contributed by atoms with Gasteiger partial charge in [-0.05, 0) is 12.1 Å². The molecular formula is C19H26N2O7S. The number of hydrogen-bond acceptors (Lipinski definition) is 7. The van der Waals surface area contributed by atoms with Crippen LogP contribution in [0.3, 0.4) is 0 Å². The number of piperazine rings is 1. The van der Waals surface area contributed by atoms with Gasteiger partial charge in [-0.1, -0.05) is 6.07 Å². The molecule has 0 N–H and O–H groups in total. The second-order valence-electron chi connectivity index (χ2n) is 7.17. The molecule has 0 aromatic heterocycles. The van der Waals surface area contributed by atoms with Gasteiger partial charge in [0.15, 0.2) is 26.9 Å². The summed E-state index contributed by atoms with van der Waals surface area (Å²) < 4.78 is 39.7. The van der Waals surface area contributed by atoms with E-state index in [2.05, 4.69) is 0 Å². The lowest BCUT2D eigenvalue weighted by Gasteiger charge is -2.38. The smallest absolute Gasteiger partial charge is 0.257 e. The van der Waals surface area contributed by atoms with Crippen LogP contribution < -0.4 is 9.47 Å². The van der Waals surface area contributed by atoms with E-state index in [4.69, 9.17) is 14.2 Å². The summed E-state index contributed by atoms with van der Waals surface area (Å²) >= 11 is 0. The van der Waals surface area contributed by atoms with E-state index in [1.165, 1.54) is 21.3 Å². The zero-order valence-electron chi connectivity index (χ0n) is 16.8. The van der Waals surface area contributed by atoms with Crippen LogP contribution in [-0.4, -0.2) is 94.6 Å². The van der Waals surface area contributed by atoms with Crippen molar-refractivity contribution in [2.45, 2.75) is 12.0 Å². The lowest BCUT2D eigenvalue weighted by Crippen LogP contribution is -2.57. The molecule has 0 bridgehead atoms. The summed E-state index contributed by atoms with van der Waals surface area (Å²) in [6.45, 7) is 1.28. The number of benzene rings is 1. The van der Waals surface area contributed by atoms with Crippen LogP contribution >= 0.6 is 0 Å². The van der Waals surface area contributed by atoms with Gasteiger partial charge in [-0.15, -0.1) is 0 Å². The van der Waals surface area contributed by atoms with Gasteiger partial charge in [-0.2, -0.15) is 0 Å². The quantitative estimate of drug-likeness (QED) is 0.662. The van der Waals surface area contributed by atoms with Gasteiger partial charge in [0.2, 0.25) is 0 Å². The van der Waals surface area contributed by atoms with E-state index in [-0.39, 0.29) is 29.7 Å². The number of ether oxygens (including phenoxy) is 3. The van der Waals surface area contributed by atoms with Gasteiger partial charge in [-0.3, -0.25) is 9.59 Å². The Balaban J connectivity index is 1.69. The molecule has 1 aromatic carbocycles. The van der Waals surface area contributed by atoms with Gasteiger partial charge in [0, 0.05) is 39.7 Å². The molecule has 0 saturated carbocycles. The number of rotatable bonds is 5. The fourth-order valence-corrected chi connectivity index (χ4v) is 5.74. The standard InChI is InChI=1S/C19H26N2O7S/c1-26-15-6-4-5-14(16(15)27-2)17(22)20-8-10-21(11-9-20)18(23)19(28-3)7-12-29(24,25)13-19/h4-6H,7-13H2,1-3H3. The van der Waals surface area contributed by atoms with E-state index in [1.807, 2.05) is 0 Å². The maximum atomic E-state index is 13.0. The van der Waals surface area contributed by atoms with Gasteiger partial charge in [-0.25, -0.2) is 8.42 Å². The minimum atomic E-state index is -3.29. The summed E-state index contributed by atoms with van der Waals surface area (Å²) in [6.07, 6.45) is 0.158. The molecule has 160 valence electrons. The normalized spacial score (nSPS) is 23.7. The highest BCUT2D eigenvalue weighted by Crippen LogP contribution is 2.32. The summed E-state index contributed by atoms with van der Waals surface area (Å²) in [7, 11) is 1.06. The first-order valence-electron chi connectivity index (χ1n) is 9.32. The SMILES string of the molecule is COc1cccc(C(=O)N2CCN(C(=O)C3(OC)CCS(=O)(=O)C3)CC2)c1OC. The van der Waals surface area contributed by atoms with Crippen LogP contribution in [0.5, 0.6) is 11.5 Å². The molecule has 3 rings (SSSR count). The molecule has 9 nitrogen and oxygen atoms in total. The van der Waals surface area contributed by atoms with Crippen LogP contribution in [-0.2, 0) is 19.4 Å². The van der Waals surface area contributed by atoms with E-state index in [1.54, 1.807) is 28.0 Å². The summed E-state index contributed by atoms with van der Waals surface area (Å²) in [5, 5.41) is 0. The molecule has 0 radical (unpaired) electrons. The Morgan fingerprint density at radius 1 is 1.00 bits per heavy atom. The first kappa shape index (κ1) is 21.4. The van der Waals surface area contributed by atoms with E-state index in [0.29, 0.717) is 43.2 Å². The Morgan fingerprint density at radius 2 is 1.66 bits per heavy atom. The Morgan fingerprint density at radius 3 is 2.17 bits per heavy atom. The van der Waals surface area contributed by atoms with Crippen molar-refractivity contribution < 1.29 is 32.2 Å². The first-order chi connectivity index (χ1) is 13.8. The van der Waals surface area contributed by atoms with E-state index >= 15 is 0 Å². The highest BCUT2D eigenvalue weighted by atomic mass is 32.2. The third kappa shape index (κ3) is 4.04. The van der Waals surface area contributed by atoms with E-state index < -0.39 is 15.4 Å². The van der Waals surface area contributed by atoms with Gasteiger partial charge < -0.3 is 24.0 Å². The Bertz CT molecular complexity index is 894. The van der Waals surface area contributed by atoms with Crippen LogP contribution in [0.1, 0.15) is 16.8 Å². The minimum absolute atomic E-state index is 0.0549. The summed E-state index contributed by atoms with van der Waals surface area (Å²) in [5.74, 6) is -0.0505. The average Bonchev–Trinajstić information content (AvgIpc) is 3.08. The molecule has 2 saturated heterocycles.